The van der Waals surface area contributed by atoms with Crippen molar-refractivity contribution in [2.24, 2.45) is 0 Å². The predicted octanol–water partition coefficient (Wildman–Crippen LogP) is 3.97. The standard InChI is InChI=1S/C16H14F2O2S/c1-20-16(19)8-11-4-2-3-5-12(11)10-21-13-6-7-14(17)15(18)9-13/h2-7,9H,8,10H2,1H3. The van der Waals surface area contributed by atoms with Gasteiger partial charge in [-0.25, -0.2) is 8.78 Å². The van der Waals surface area contributed by atoms with Gasteiger partial charge in [-0.1, -0.05) is 24.3 Å². The lowest BCUT2D eigenvalue weighted by Crippen LogP contribution is -2.06. The molecule has 2 nitrogen and oxygen atoms in total. The Hall–Kier alpha value is -1.88. The molecule has 0 atom stereocenters. The van der Waals surface area contributed by atoms with Gasteiger partial charge in [0, 0.05) is 10.6 Å². The molecule has 0 bridgehead atoms. The fraction of sp³-hybridized carbons (Fsp3) is 0.188. The van der Waals surface area contributed by atoms with E-state index in [4.69, 9.17) is 0 Å². The van der Waals surface area contributed by atoms with Crippen molar-refractivity contribution in [3.8, 4) is 0 Å². The molecule has 0 radical (unpaired) electrons. The third-order valence-corrected chi connectivity index (χ3v) is 4.01. The van der Waals surface area contributed by atoms with E-state index in [1.807, 2.05) is 24.3 Å². The number of carbonyl (C=O) groups excluding carboxylic acids is 1. The number of carbonyl (C=O) groups is 1. The lowest BCUT2D eigenvalue weighted by atomic mass is 10.1. The zero-order valence-electron chi connectivity index (χ0n) is 11.4. The van der Waals surface area contributed by atoms with Gasteiger partial charge >= 0.3 is 5.97 Å². The van der Waals surface area contributed by atoms with Gasteiger partial charge in [-0.2, -0.15) is 0 Å². The average Bonchev–Trinajstić information content (AvgIpc) is 2.49. The summed E-state index contributed by atoms with van der Waals surface area (Å²) in [5, 5.41) is 0. The van der Waals surface area contributed by atoms with Gasteiger partial charge in [-0.3, -0.25) is 4.79 Å². The lowest BCUT2D eigenvalue weighted by molar-refractivity contribution is -0.139. The molecule has 0 saturated carbocycles. The number of methoxy groups -OCH3 is 1. The molecule has 0 aromatic heterocycles. The third kappa shape index (κ3) is 4.29. The number of benzene rings is 2. The number of thioether (sulfide) groups is 1. The summed E-state index contributed by atoms with van der Waals surface area (Å²) in [6.45, 7) is 0. The summed E-state index contributed by atoms with van der Waals surface area (Å²) in [5.74, 6) is -1.45. The quantitative estimate of drug-likeness (QED) is 0.617. The smallest absolute Gasteiger partial charge is 0.309 e. The maximum Gasteiger partial charge on any atom is 0.309 e. The summed E-state index contributed by atoms with van der Waals surface area (Å²) in [7, 11) is 1.35. The van der Waals surface area contributed by atoms with Gasteiger partial charge in [0.15, 0.2) is 11.6 Å². The SMILES string of the molecule is COC(=O)Cc1ccccc1CSc1ccc(F)c(F)c1. The Morgan fingerprint density at radius 2 is 1.81 bits per heavy atom. The third-order valence-electron chi connectivity index (χ3n) is 2.97. The zero-order valence-corrected chi connectivity index (χ0v) is 12.3. The van der Waals surface area contributed by atoms with Crippen molar-refractivity contribution in [2.75, 3.05) is 7.11 Å². The molecule has 0 amide bonds. The van der Waals surface area contributed by atoms with Crippen LogP contribution in [0.15, 0.2) is 47.4 Å². The van der Waals surface area contributed by atoms with Gasteiger partial charge in [-0.15, -0.1) is 11.8 Å². The minimum atomic E-state index is -0.858. The molecular formula is C16H14F2O2S. The first-order valence-corrected chi connectivity index (χ1v) is 7.30. The monoisotopic (exact) mass is 308 g/mol. The van der Waals surface area contributed by atoms with Crippen molar-refractivity contribution in [2.45, 2.75) is 17.1 Å². The van der Waals surface area contributed by atoms with Crippen LogP contribution >= 0.6 is 11.8 Å². The first-order valence-electron chi connectivity index (χ1n) is 6.31. The Labute approximate surface area is 126 Å². The van der Waals surface area contributed by atoms with E-state index in [-0.39, 0.29) is 12.4 Å². The minimum absolute atomic E-state index is 0.199. The van der Waals surface area contributed by atoms with E-state index in [2.05, 4.69) is 4.74 Å². The van der Waals surface area contributed by atoms with Gasteiger partial charge in [-0.05, 0) is 29.3 Å². The predicted molar refractivity (Wildman–Crippen MR) is 78.1 cm³/mol. The Morgan fingerprint density at radius 1 is 1.10 bits per heavy atom. The molecule has 0 saturated heterocycles. The van der Waals surface area contributed by atoms with Crippen molar-refractivity contribution >= 4 is 17.7 Å². The summed E-state index contributed by atoms with van der Waals surface area (Å²) < 4.78 is 30.7. The molecule has 0 aliphatic carbocycles. The molecule has 0 heterocycles. The molecule has 0 spiro atoms. The highest BCUT2D eigenvalue weighted by molar-refractivity contribution is 7.98. The van der Waals surface area contributed by atoms with Gasteiger partial charge < -0.3 is 4.74 Å². The molecule has 21 heavy (non-hydrogen) atoms. The van der Waals surface area contributed by atoms with Crippen LogP contribution in [0, 0.1) is 11.6 Å². The van der Waals surface area contributed by atoms with E-state index in [0.29, 0.717) is 10.6 Å². The fourth-order valence-electron chi connectivity index (χ4n) is 1.83. The Morgan fingerprint density at radius 3 is 2.48 bits per heavy atom. The first kappa shape index (κ1) is 15.5. The van der Waals surface area contributed by atoms with Crippen LogP contribution in [0.1, 0.15) is 11.1 Å². The van der Waals surface area contributed by atoms with E-state index < -0.39 is 11.6 Å². The molecule has 0 N–H and O–H groups in total. The van der Waals surface area contributed by atoms with Crippen LogP contribution in [0.25, 0.3) is 0 Å². The second kappa shape index (κ2) is 7.22. The molecule has 0 unspecified atom stereocenters. The van der Waals surface area contributed by atoms with Crippen LogP contribution in [0.5, 0.6) is 0 Å². The van der Waals surface area contributed by atoms with Crippen LogP contribution in [-0.2, 0) is 21.7 Å². The molecule has 0 aliphatic rings. The summed E-state index contributed by atoms with van der Waals surface area (Å²) in [6.07, 6.45) is 0.199. The molecule has 110 valence electrons. The average molecular weight is 308 g/mol. The molecule has 0 aliphatic heterocycles. The van der Waals surface area contributed by atoms with Gasteiger partial charge in [0.05, 0.1) is 13.5 Å². The largest absolute Gasteiger partial charge is 0.469 e. The molecule has 2 aromatic carbocycles. The fourth-order valence-corrected chi connectivity index (χ4v) is 2.78. The normalized spacial score (nSPS) is 10.4. The molecular weight excluding hydrogens is 294 g/mol. The number of hydrogen-bond acceptors (Lipinski definition) is 3. The second-order valence-electron chi connectivity index (χ2n) is 4.39. The van der Waals surface area contributed by atoms with E-state index in [9.17, 15) is 13.6 Å². The van der Waals surface area contributed by atoms with Crippen molar-refractivity contribution in [3.05, 3.63) is 65.2 Å². The Bertz CT molecular complexity index is 644. The number of halogens is 2. The van der Waals surface area contributed by atoms with Gasteiger partial charge in [0.2, 0.25) is 0 Å². The lowest BCUT2D eigenvalue weighted by Gasteiger charge is -2.08. The van der Waals surface area contributed by atoms with Crippen LogP contribution in [0.4, 0.5) is 8.78 Å². The number of rotatable bonds is 5. The Balaban J connectivity index is 2.09. The number of ether oxygens (including phenoxy) is 1. The highest BCUT2D eigenvalue weighted by atomic mass is 32.2. The second-order valence-corrected chi connectivity index (χ2v) is 5.43. The number of esters is 1. The van der Waals surface area contributed by atoms with Crippen LogP contribution in [-0.4, -0.2) is 13.1 Å². The van der Waals surface area contributed by atoms with Crippen LogP contribution in [0.3, 0.4) is 0 Å². The van der Waals surface area contributed by atoms with E-state index >= 15 is 0 Å². The summed E-state index contributed by atoms with van der Waals surface area (Å²) in [5.41, 5.74) is 1.84. The maximum absolute atomic E-state index is 13.2. The van der Waals surface area contributed by atoms with Crippen molar-refractivity contribution < 1.29 is 18.3 Å². The highest BCUT2D eigenvalue weighted by Gasteiger charge is 2.09. The molecule has 2 aromatic rings. The van der Waals surface area contributed by atoms with E-state index in [1.165, 1.54) is 31.0 Å². The van der Waals surface area contributed by atoms with Crippen molar-refractivity contribution in [1.29, 1.82) is 0 Å². The van der Waals surface area contributed by atoms with Crippen LogP contribution in [0.2, 0.25) is 0 Å². The topological polar surface area (TPSA) is 26.3 Å². The first-order chi connectivity index (χ1) is 10.1. The summed E-state index contributed by atoms with van der Waals surface area (Å²) in [4.78, 5) is 12.0. The minimum Gasteiger partial charge on any atom is -0.469 e. The van der Waals surface area contributed by atoms with E-state index in [0.717, 1.165) is 17.2 Å². The number of hydrogen-bond donors (Lipinski definition) is 0. The molecule has 5 heteroatoms. The highest BCUT2D eigenvalue weighted by Crippen LogP contribution is 2.26. The van der Waals surface area contributed by atoms with E-state index in [1.54, 1.807) is 0 Å². The van der Waals surface area contributed by atoms with Gasteiger partial charge in [0.1, 0.15) is 0 Å². The Kier molecular flexibility index (Phi) is 5.33. The molecule has 0 fully saturated rings. The van der Waals surface area contributed by atoms with Crippen molar-refractivity contribution in [1.82, 2.24) is 0 Å². The van der Waals surface area contributed by atoms with Crippen LogP contribution < -0.4 is 0 Å². The zero-order chi connectivity index (χ0) is 15.2. The van der Waals surface area contributed by atoms with Gasteiger partial charge in [0.25, 0.3) is 0 Å². The maximum atomic E-state index is 13.2. The summed E-state index contributed by atoms with van der Waals surface area (Å²) in [6, 6.07) is 11.3. The van der Waals surface area contributed by atoms with Crippen molar-refractivity contribution in [3.63, 3.8) is 0 Å². The molecule has 2 rings (SSSR count). The summed E-state index contributed by atoms with van der Waals surface area (Å²) >= 11 is 1.39.